The van der Waals surface area contributed by atoms with Crippen LogP contribution in [-0.2, 0) is 11.0 Å². The summed E-state index contributed by atoms with van der Waals surface area (Å²) in [5, 5.41) is 12.1. The molecule has 0 bridgehead atoms. The van der Waals surface area contributed by atoms with Gasteiger partial charge in [-0.15, -0.1) is 0 Å². The minimum absolute atomic E-state index is 0.0183. The van der Waals surface area contributed by atoms with Crippen molar-refractivity contribution < 1.29 is 36.7 Å². The maximum absolute atomic E-state index is 14.1. The number of para-hydroxylation sites is 2. The fraction of sp³-hybridized carbons (Fsp3) is 0.310. The molecule has 1 N–H and O–H groups in total. The molecule has 6 rings (SSSR count). The molecule has 0 spiro atoms. The topological polar surface area (TPSA) is 94.9 Å². The molecule has 2 aliphatic rings. The summed E-state index contributed by atoms with van der Waals surface area (Å²) in [7, 11) is 2.20. The molecule has 54 heavy (non-hydrogen) atoms. The highest BCUT2D eigenvalue weighted by Crippen LogP contribution is 2.40. The Hall–Kier alpha value is -5.80. The minimum Gasteiger partial charge on any atom is -0.493 e. The van der Waals surface area contributed by atoms with Gasteiger partial charge in [-0.05, 0) is 73.0 Å². The van der Waals surface area contributed by atoms with E-state index in [1.807, 2.05) is 60.7 Å². The molecule has 1 unspecified atom stereocenters. The van der Waals surface area contributed by atoms with Gasteiger partial charge in [-0.1, -0.05) is 54.6 Å². The summed E-state index contributed by atoms with van der Waals surface area (Å²) in [6.45, 7) is 4.02. The van der Waals surface area contributed by atoms with Crippen LogP contribution in [0.25, 0.3) is 0 Å². The Balaban J connectivity index is 1.14. The van der Waals surface area contributed by atoms with E-state index in [0.29, 0.717) is 48.6 Å². The van der Waals surface area contributed by atoms with E-state index in [1.165, 1.54) is 17.0 Å². The highest BCUT2D eigenvalue weighted by Gasteiger charge is 2.45. The van der Waals surface area contributed by atoms with E-state index >= 15 is 0 Å². The fourth-order valence-corrected chi connectivity index (χ4v) is 6.96. The molecule has 4 aromatic rings. The van der Waals surface area contributed by atoms with Crippen molar-refractivity contribution in [1.82, 2.24) is 10.2 Å². The molecule has 0 aliphatic carbocycles. The Bertz CT molecular complexity index is 1980. The molecule has 0 saturated heterocycles. The normalized spacial score (nSPS) is 16.8. The van der Waals surface area contributed by atoms with E-state index in [4.69, 9.17) is 9.47 Å². The van der Waals surface area contributed by atoms with Crippen LogP contribution in [0.4, 0.5) is 23.7 Å². The summed E-state index contributed by atoms with van der Waals surface area (Å²) in [4.78, 5) is 30.6. The van der Waals surface area contributed by atoms with Crippen LogP contribution >= 0.6 is 0 Å². The molecular formula is C42H43F3N5O4+. The van der Waals surface area contributed by atoms with Crippen molar-refractivity contribution in [3.8, 4) is 17.6 Å². The van der Waals surface area contributed by atoms with E-state index < -0.39 is 23.8 Å². The predicted octanol–water partition coefficient (Wildman–Crippen LogP) is 7.72. The zero-order valence-corrected chi connectivity index (χ0v) is 30.1. The van der Waals surface area contributed by atoms with Crippen LogP contribution in [0.3, 0.4) is 0 Å². The summed E-state index contributed by atoms with van der Waals surface area (Å²) >= 11 is 0. The quantitative estimate of drug-likeness (QED) is 0.0939. The first-order valence-corrected chi connectivity index (χ1v) is 18.0. The molecule has 280 valence electrons. The van der Waals surface area contributed by atoms with E-state index in [-0.39, 0.29) is 18.1 Å². The number of hydrogen-bond acceptors (Lipinski definition) is 5. The third-order valence-corrected chi connectivity index (χ3v) is 9.88. The molecule has 2 heterocycles. The third kappa shape index (κ3) is 9.22. The molecule has 0 aromatic heterocycles. The van der Waals surface area contributed by atoms with Gasteiger partial charge in [0.1, 0.15) is 24.7 Å². The number of nitrogens with zero attached hydrogens (tertiary/aromatic N) is 4. The Labute approximate surface area is 313 Å². The molecule has 9 nitrogen and oxygen atoms in total. The molecule has 2 atom stereocenters. The van der Waals surface area contributed by atoms with Gasteiger partial charge in [0.2, 0.25) is 0 Å². The van der Waals surface area contributed by atoms with E-state index in [9.17, 15) is 28.0 Å². The lowest BCUT2D eigenvalue weighted by molar-refractivity contribution is -0.910. The number of nitrogens with one attached hydrogen (secondary N) is 1. The van der Waals surface area contributed by atoms with Crippen molar-refractivity contribution in [2.24, 2.45) is 0 Å². The number of urea groups is 1. The van der Waals surface area contributed by atoms with Gasteiger partial charge in [0.25, 0.3) is 5.91 Å². The lowest BCUT2D eigenvalue weighted by Gasteiger charge is -2.35. The van der Waals surface area contributed by atoms with Crippen LogP contribution < -0.4 is 19.7 Å². The number of hydrogen-bond donors (Lipinski definition) is 1. The average molecular weight is 739 g/mol. The SMILES string of the molecule is C[N+](CCCCN1CC2=C(C1=O)[C@@H](c1ccc(C#N)cc1)NC(=O)N2c1cccc(C(F)(F)F)c1)(CCCOc1ccccc1)CCOc1ccccc1. The first-order chi connectivity index (χ1) is 26.0. The van der Waals surface area contributed by atoms with Crippen LogP contribution in [0.1, 0.15) is 42.0 Å². The first kappa shape index (κ1) is 37.9. The Kier molecular flexibility index (Phi) is 11.9. The second-order valence-electron chi connectivity index (χ2n) is 13.8. The number of amides is 3. The maximum atomic E-state index is 14.1. The number of carbonyl (C=O) groups is 2. The van der Waals surface area contributed by atoms with Crippen molar-refractivity contribution in [3.63, 3.8) is 0 Å². The molecular weight excluding hydrogens is 695 g/mol. The van der Waals surface area contributed by atoms with Crippen molar-refractivity contribution in [2.75, 3.05) is 57.9 Å². The van der Waals surface area contributed by atoms with Crippen molar-refractivity contribution in [3.05, 3.63) is 137 Å². The van der Waals surface area contributed by atoms with Crippen LogP contribution in [0, 0.1) is 11.3 Å². The second-order valence-corrected chi connectivity index (χ2v) is 13.8. The monoisotopic (exact) mass is 738 g/mol. The van der Waals surface area contributed by atoms with Gasteiger partial charge in [0, 0.05) is 13.0 Å². The second kappa shape index (κ2) is 16.9. The van der Waals surface area contributed by atoms with Gasteiger partial charge >= 0.3 is 12.2 Å². The van der Waals surface area contributed by atoms with Gasteiger partial charge < -0.3 is 24.2 Å². The van der Waals surface area contributed by atoms with Crippen LogP contribution in [0.15, 0.2) is 120 Å². The number of unbranched alkanes of at least 4 members (excludes halogenated alkanes) is 1. The van der Waals surface area contributed by atoms with Gasteiger partial charge in [-0.3, -0.25) is 9.69 Å². The number of halogens is 3. The van der Waals surface area contributed by atoms with Crippen molar-refractivity contribution in [2.45, 2.75) is 31.5 Å². The Morgan fingerprint density at radius 1 is 0.815 bits per heavy atom. The summed E-state index contributed by atoms with van der Waals surface area (Å²) < 4.78 is 53.8. The summed E-state index contributed by atoms with van der Waals surface area (Å²) in [6.07, 6.45) is -2.31. The Morgan fingerprint density at radius 3 is 2.11 bits per heavy atom. The number of anilines is 1. The molecule has 4 aromatic carbocycles. The largest absolute Gasteiger partial charge is 0.493 e. The van der Waals surface area contributed by atoms with Crippen LogP contribution in [0.5, 0.6) is 11.5 Å². The standard InChI is InChI=1S/C42H42F3N5O4/c1-50(25-27-54-36-16-6-3-7-17-36,24-11-26-53-35-14-4-2-5-15-35)23-9-8-22-48-30-37-38(40(48)51)39(32-20-18-31(29-46)19-21-32)47-41(52)49(37)34-13-10-12-33(28-34)42(43,44)45/h2-7,10,12-21,28,39H,8-9,11,22-27,30H2,1H3/p+1/t39-,50?/m1/s1. The third-order valence-electron chi connectivity index (χ3n) is 9.88. The summed E-state index contributed by atoms with van der Waals surface area (Å²) in [5.74, 6) is 1.35. The molecule has 0 saturated carbocycles. The van der Waals surface area contributed by atoms with E-state index in [1.54, 1.807) is 29.2 Å². The van der Waals surface area contributed by atoms with Crippen molar-refractivity contribution >= 4 is 17.6 Å². The van der Waals surface area contributed by atoms with Crippen molar-refractivity contribution in [1.29, 1.82) is 5.26 Å². The molecule has 0 radical (unpaired) electrons. The lowest BCUT2D eigenvalue weighted by Crippen LogP contribution is -2.48. The number of alkyl halides is 3. The first-order valence-electron chi connectivity index (χ1n) is 18.0. The van der Waals surface area contributed by atoms with Gasteiger partial charge in [0.05, 0.1) is 73.5 Å². The molecule has 0 fully saturated rings. The predicted molar refractivity (Wildman–Crippen MR) is 198 cm³/mol. The Morgan fingerprint density at radius 2 is 1.46 bits per heavy atom. The molecule has 12 heteroatoms. The highest BCUT2D eigenvalue weighted by molar-refractivity contribution is 6.07. The van der Waals surface area contributed by atoms with E-state index in [0.717, 1.165) is 60.6 Å². The highest BCUT2D eigenvalue weighted by atomic mass is 19.4. The maximum Gasteiger partial charge on any atom is 0.416 e. The zero-order valence-electron chi connectivity index (χ0n) is 30.1. The fourth-order valence-electron chi connectivity index (χ4n) is 6.96. The van der Waals surface area contributed by atoms with Gasteiger partial charge in [-0.25, -0.2) is 4.79 Å². The average Bonchev–Trinajstić information content (AvgIpc) is 3.50. The number of ether oxygens (including phenoxy) is 2. The number of carbonyl (C=O) groups excluding carboxylic acids is 2. The van der Waals surface area contributed by atoms with Gasteiger partial charge in [-0.2, -0.15) is 18.4 Å². The number of quaternary nitrogens is 1. The van der Waals surface area contributed by atoms with Crippen LogP contribution in [-0.4, -0.2) is 74.3 Å². The van der Waals surface area contributed by atoms with Crippen LogP contribution in [0.2, 0.25) is 0 Å². The molecule has 3 amide bonds. The number of likely N-dealkylation sites (N-methyl/N-ethyl adjacent to an activating group) is 1. The van der Waals surface area contributed by atoms with Gasteiger partial charge in [0.15, 0.2) is 0 Å². The van der Waals surface area contributed by atoms with E-state index in [2.05, 4.69) is 18.4 Å². The minimum atomic E-state index is -4.61. The molecule has 2 aliphatic heterocycles. The smallest absolute Gasteiger partial charge is 0.416 e. The number of nitriles is 1. The lowest BCUT2D eigenvalue weighted by atomic mass is 9.94. The number of rotatable bonds is 16. The summed E-state index contributed by atoms with van der Waals surface area (Å²) in [6, 6.07) is 31.1. The number of benzene rings is 4. The summed E-state index contributed by atoms with van der Waals surface area (Å²) in [5.41, 5.74) is 0.775. The zero-order chi connectivity index (χ0) is 38.1.